The highest BCUT2D eigenvalue weighted by molar-refractivity contribution is 5.92. The minimum absolute atomic E-state index is 0.126. The molecule has 1 aliphatic rings. The van der Waals surface area contributed by atoms with Crippen molar-refractivity contribution in [2.45, 2.75) is 25.9 Å². The minimum Gasteiger partial charge on any atom is -0.344 e. The molecule has 1 saturated heterocycles. The molecule has 16 heavy (non-hydrogen) atoms. The second kappa shape index (κ2) is 4.70. The maximum absolute atomic E-state index is 12.2. The fourth-order valence-corrected chi connectivity index (χ4v) is 2.20. The number of rotatable bonds is 3. The first-order chi connectivity index (χ1) is 7.74. The van der Waals surface area contributed by atoms with Crippen molar-refractivity contribution in [3.05, 3.63) is 24.0 Å². The predicted octanol–water partition coefficient (Wildman–Crippen LogP) is 0.942. The first-order valence-corrected chi connectivity index (χ1v) is 5.87. The number of carbonyl (C=O) groups excluding carboxylic acids is 1. The van der Waals surface area contributed by atoms with Crippen LogP contribution in [0.1, 0.15) is 23.8 Å². The van der Waals surface area contributed by atoms with E-state index in [9.17, 15) is 4.79 Å². The largest absolute Gasteiger partial charge is 0.344 e. The van der Waals surface area contributed by atoms with Gasteiger partial charge in [0.15, 0.2) is 0 Å². The highest BCUT2D eigenvalue weighted by Gasteiger charge is 2.25. The normalized spacial score (nSPS) is 20.0. The van der Waals surface area contributed by atoms with Gasteiger partial charge in [0.25, 0.3) is 5.91 Å². The van der Waals surface area contributed by atoms with E-state index in [1.54, 1.807) is 0 Å². The third-order valence-electron chi connectivity index (χ3n) is 3.29. The Bertz CT molecular complexity index is 366. The molecule has 0 aliphatic carbocycles. The Balaban J connectivity index is 2.11. The van der Waals surface area contributed by atoms with Crippen LogP contribution >= 0.6 is 0 Å². The molecule has 4 nitrogen and oxygen atoms in total. The summed E-state index contributed by atoms with van der Waals surface area (Å²) < 4.78 is 1.99. The van der Waals surface area contributed by atoms with Crippen LogP contribution in [-0.2, 0) is 6.54 Å². The van der Waals surface area contributed by atoms with E-state index < -0.39 is 0 Å². The molecule has 2 heterocycles. The second-order valence-electron chi connectivity index (χ2n) is 4.24. The summed E-state index contributed by atoms with van der Waals surface area (Å²) in [5, 5.41) is 3.28. The molecule has 88 valence electrons. The van der Waals surface area contributed by atoms with Crippen LogP contribution in [0.3, 0.4) is 0 Å². The molecule has 0 radical (unpaired) electrons. The topological polar surface area (TPSA) is 37.3 Å². The summed E-state index contributed by atoms with van der Waals surface area (Å²) in [5.41, 5.74) is 0.789. The van der Waals surface area contributed by atoms with Gasteiger partial charge in [0.05, 0.1) is 0 Å². The monoisotopic (exact) mass is 221 g/mol. The Morgan fingerprint density at radius 1 is 1.69 bits per heavy atom. The van der Waals surface area contributed by atoms with Crippen molar-refractivity contribution in [2.24, 2.45) is 0 Å². The van der Waals surface area contributed by atoms with Crippen LogP contribution in [0, 0.1) is 0 Å². The fraction of sp³-hybridized carbons (Fsp3) is 0.583. The Morgan fingerprint density at radius 3 is 3.12 bits per heavy atom. The van der Waals surface area contributed by atoms with Crippen molar-refractivity contribution in [1.82, 2.24) is 14.8 Å². The van der Waals surface area contributed by atoms with Crippen LogP contribution in [0.25, 0.3) is 0 Å². The maximum Gasteiger partial charge on any atom is 0.270 e. The zero-order valence-corrected chi connectivity index (χ0v) is 9.94. The van der Waals surface area contributed by atoms with Gasteiger partial charge in [-0.05, 0) is 32.0 Å². The first kappa shape index (κ1) is 11.2. The maximum atomic E-state index is 12.2. The number of hydrogen-bond acceptors (Lipinski definition) is 2. The van der Waals surface area contributed by atoms with Gasteiger partial charge in [-0.1, -0.05) is 0 Å². The van der Waals surface area contributed by atoms with Gasteiger partial charge in [-0.15, -0.1) is 0 Å². The fourth-order valence-electron chi connectivity index (χ4n) is 2.20. The lowest BCUT2D eigenvalue weighted by Gasteiger charge is -2.24. The molecule has 1 aromatic rings. The molecule has 0 spiro atoms. The third kappa shape index (κ3) is 1.97. The van der Waals surface area contributed by atoms with Crippen LogP contribution in [0.2, 0.25) is 0 Å². The molecule has 2 rings (SSSR count). The smallest absolute Gasteiger partial charge is 0.270 e. The van der Waals surface area contributed by atoms with Gasteiger partial charge in [-0.3, -0.25) is 4.79 Å². The zero-order chi connectivity index (χ0) is 11.5. The van der Waals surface area contributed by atoms with Crippen LogP contribution in [0.4, 0.5) is 0 Å². The zero-order valence-electron chi connectivity index (χ0n) is 9.94. The van der Waals surface area contributed by atoms with Gasteiger partial charge in [-0.25, -0.2) is 0 Å². The molecular formula is C12H19N3O. The van der Waals surface area contributed by atoms with Crippen LogP contribution in [0.5, 0.6) is 0 Å². The summed E-state index contributed by atoms with van der Waals surface area (Å²) in [6.07, 6.45) is 3.00. The van der Waals surface area contributed by atoms with Gasteiger partial charge in [0, 0.05) is 32.4 Å². The van der Waals surface area contributed by atoms with Crippen LogP contribution in [-0.4, -0.2) is 41.6 Å². The summed E-state index contributed by atoms with van der Waals surface area (Å²) in [7, 11) is 1.90. The quantitative estimate of drug-likeness (QED) is 0.825. The highest BCUT2D eigenvalue weighted by Crippen LogP contribution is 2.12. The van der Waals surface area contributed by atoms with E-state index in [1.807, 2.05) is 41.8 Å². The first-order valence-electron chi connectivity index (χ1n) is 5.87. The summed E-state index contributed by atoms with van der Waals surface area (Å²) in [6, 6.07) is 4.16. The molecule has 1 fully saturated rings. The Labute approximate surface area is 96.2 Å². The molecule has 0 bridgehead atoms. The van der Waals surface area contributed by atoms with Crippen LogP contribution < -0.4 is 5.32 Å². The number of nitrogens with one attached hydrogen (secondary N) is 1. The van der Waals surface area contributed by atoms with Crippen molar-refractivity contribution >= 4 is 5.91 Å². The molecule has 1 amide bonds. The van der Waals surface area contributed by atoms with Gasteiger partial charge in [-0.2, -0.15) is 0 Å². The van der Waals surface area contributed by atoms with Crippen molar-refractivity contribution in [3.8, 4) is 0 Å². The van der Waals surface area contributed by atoms with Crippen molar-refractivity contribution in [2.75, 3.05) is 20.1 Å². The molecule has 1 unspecified atom stereocenters. The number of amides is 1. The molecular weight excluding hydrogens is 202 g/mol. The van der Waals surface area contributed by atoms with Gasteiger partial charge in [0.1, 0.15) is 5.69 Å². The standard InChI is InChI=1S/C12H19N3O/c1-3-15-8-4-5-11(15)12(16)14(2)10-6-7-13-9-10/h4-5,8,10,13H,3,6-7,9H2,1-2H3. The minimum atomic E-state index is 0.126. The van der Waals surface area contributed by atoms with E-state index >= 15 is 0 Å². The van der Waals surface area contributed by atoms with Crippen molar-refractivity contribution in [1.29, 1.82) is 0 Å². The molecule has 0 aromatic carbocycles. The number of hydrogen-bond donors (Lipinski definition) is 1. The van der Waals surface area contributed by atoms with E-state index in [1.165, 1.54) is 0 Å². The van der Waals surface area contributed by atoms with Gasteiger partial charge < -0.3 is 14.8 Å². The lowest BCUT2D eigenvalue weighted by atomic mass is 10.2. The molecule has 1 aliphatic heterocycles. The van der Waals surface area contributed by atoms with E-state index in [2.05, 4.69) is 5.32 Å². The van der Waals surface area contributed by atoms with E-state index in [0.29, 0.717) is 6.04 Å². The number of carbonyl (C=O) groups is 1. The van der Waals surface area contributed by atoms with Crippen molar-refractivity contribution in [3.63, 3.8) is 0 Å². The number of likely N-dealkylation sites (N-methyl/N-ethyl adjacent to an activating group) is 1. The Hall–Kier alpha value is -1.29. The van der Waals surface area contributed by atoms with E-state index in [-0.39, 0.29) is 5.91 Å². The number of aryl methyl sites for hydroxylation is 1. The predicted molar refractivity (Wildman–Crippen MR) is 63.5 cm³/mol. The van der Waals surface area contributed by atoms with Crippen LogP contribution in [0.15, 0.2) is 18.3 Å². The average molecular weight is 221 g/mol. The molecule has 4 heteroatoms. The van der Waals surface area contributed by atoms with Gasteiger partial charge in [0.2, 0.25) is 0 Å². The number of aromatic nitrogens is 1. The Kier molecular flexibility index (Phi) is 3.29. The van der Waals surface area contributed by atoms with E-state index in [0.717, 1.165) is 31.7 Å². The number of nitrogens with zero attached hydrogens (tertiary/aromatic N) is 2. The summed E-state index contributed by atoms with van der Waals surface area (Å²) in [5.74, 6) is 0.126. The highest BCUT2D eigenvalue weighted by atomic mass is 16.2. The SMILES string of the molecule is CCn1cccc1C(=O)N(C)C1CCNC1. The Morgan fingerprint density at radius 2 is 2.50 bits per heavy atom. The summed E-state index contributed by atoms with van der Waals surface area (Å²) >= 11 is 0. The summed E-state index contributed by atoms with van der Waals surface area (Å²) in [4.78, 5) is 14.1. The lowest BCUT2D eigenvalue weighted by molar-refractivity contribution is 0.0733. The average Bonchev–Trinajstić information content (AvgIpc) is 2.97. The lowest BCUT2D eigenvalue weighted by Crippen LogP contribution is -2.39. The summed E-state index contributed by atoms with van der Waals surface area (Å²) in [6.45, 7) is 4.81. The van der Waals surface area contributed by atoms with Gasteiger partial charge >= 0.3 is 0 Å². The third-order valence-corrected chi connectivity index (χ3v) is 3.29. The molecule has 1 aromatic heterocycles. The molecule has 1 atom stereocenters. The van der Waals surface area contributed by atoms with E-state index in [4.69, 9.17) is 0 Å². The second-order valence-corrected chi connectivity index (χ2v) is 4.24. The van der Waals surface area contributed by atoms with Crippen molar-refractivity contribution < 1.29 is 4.79 Å². The molecule has 1 N–H and O–H groups in total. The molecule has 0 saturated carbocycles.